The van der Waals surface area contributed by atoms with E-state index in [1.54, 1.807) is 18.2 Å². The molecule has 0 aliphatic carbocycles. The van der Waals surface area contributed by atoms with Crippen molar-refractivity contribution in [2.24, 2.45) is 0 Å². The van der Waals surface area contributed by atoms with Crippen LogP contribution in [0.25, 0.3) is 16.3 Å². The SMILES string of the molecule is COc1ccc(OC)c(N2C(=O)C(Nc3cccc4ccccc34)=C(c3ccccc3)C2=O)c1. The molecule has 6 nitrogen and oxygen atoms in total. The molecule has 5 rings (SSSR count). The Hall–Kier alpha value is -4.58. The molecule has 2 amide bonds. The molecule has 1 N–H and O–H groups in total. The van der Waals surface area contributed by atoms with Crippen LogP contribution in [0.5, 0.6) is 11.5 Å². The van der Waals surface area contributed by atoms with Gasteiger partial charge >= 0.3 is 0 Å². The largest absolute Gasteiger partial charge is 0.497 e. The van der Waals surface area contributed by atoms with Crippen LogP contribution in [-0.2, 0) is 9.59 Å². The molecule has 0 aromatic heterocycles. The normalized spacial score (nSPS) is 13.5. The fourth-order valence-corrected chi connectivity index (χ4v) is 4.18. The highest BCUT2D eigenvalue weighted by Crippen LogP contribution is 2.40. The Labute approximate surface area is 197 Å². The molecule has 0 unspecified atom stereocenters. The Morgan fingerprint density at radius 1 is 0.735 bits per heavy atom. The van der Waals surface area contributed by atoms with Crippen molar-refractivity contribution in [1.29, 1.82) is 0 Å². The standard InChI is InChI=1S/C28H22N2O4/c1-33-20-15-16-24(34-2)23(17-20)30-27(31)25(19-10-4-3-5-11-19)26(28(30)32)29-22-14-8-12-18-9-6-7-13-21(18)22/h3-17,29H,1-2H3. The predicted molar refractivity (Wildman–Crippen MR) is 133 cm³/mol. The van der Waals surface area contributed by atoms with Crippen LogP contribution in [0, 0.1) is 0 Å². The first-order valence-electron chi connectivity index (χ1n) is 10.8. The lowest BCUT2D eigenvalue weighted by Gasteiger charge is -2.19. The molecule has 0 saturated heterocycles. The highest BCUT2D eigenvalue weighted by Gasteiger charge is 2.41. The summed E-state index contributed by atoms with van der Waals surface area (Å²) in [5.74, 6) is -0.0109. The highest BCUT2D eigenvalue weighted by atomic mass is 16.5. The second-order valence-corrected chi connectivity index (χ2v) is 7.75. The minimum absolute atomic E-state index is 0.206. The van der Waals surface area contributed by atoms with Gasteiger partial charge < -0.3 is 14.8 Å². The summed E-state index contributed by atoms with van der Waals surface area (Å²) in [6, 6.07) is 27.9. The van der Waals surface area contributed by atoms with Crippen LogP contribution < -0.4 is 19.7 Å². The Morgan fingerprint density at radius 3 is 2.24 bits per heavy atom. The summed E-state index contributed by atoms with van der Waals surface area (Å²) in [6.07, 6.45) is 0. The quantitative estimate of drug-likeness (QED) is 0.406. The highest BCUT2D eigenvalue weighted by molar-refractivity contribution is 6.46. The first kappa shape index (κ1) is 21.3. The number of fused-ring (bicyclic) bond motifs is 1. The summed E-state index contributed by atoms with van der Waals surface area (Å²) in [5.41, 5.74) is 2.20. The maximum atomic E-state index is 13.8. The van der Waals surface area contributed by atoms with E-state index in [9.17, 15) is 9.59 Å². The Kier molecular flexibility index (Phi) is 5.47. The molecule has 4 aromatic carbocycles. The molecule has 0 fully saturated rings. The van der Waals surface area contributed by atoms with E-state index >= 15 is 0 Å². The third kappa shape index (κ3) is 3.55. The van der Waals surface area contributed by atoms with E-state index in [2.05, 4.69) is 5.32 Å². The number of carbonyl (C=O) groups is 2. The summed E-state index contributed by atoms with van der Waals surface area (Å²) in [6.45, 7) is 0. The van der Waals surface area contributed by atoms with Crippen LogP contribution in [0.1, 0.15) is 5.56 Å². The molecule has 0 radical (unpaired) electrons. The number of nitrogens with zero attached hydrogens (tertiary/aromatic N) is 1. The molecular weight excluding hydrogens is 428 g/mol. The zero-order valence-electron chi connectivity index (χ0n) is 18.7. The number of hydrogen-bond acceptors (Lipinski definition) is 5. The van der Waals surface area contributed by atoms with E-state index in [0.29, 0.717) is 28.3 Å². The lowest BCUT2D eigenvalue weighted by Crippen LogP contribution is -2.32. The fourth-order valence-electron chi connectivity index (χ4n) is 4.18. The lowest BCUT2D eigenvalue weighted by molar-refractivity contribution is -0.120. The van der Waals surface area contributed by atoms with E-state index in [-0.39, 0.29) is 5.70 Å². The molecule has 0 spiro atoms. The summed E-state index contributed by atoms with van der Waals surface area (Å²) < 4.78 is 10.8. The first-order valence-corrected chi connectivity index (χ1v) is 10.8. The molecule has 1 heterocycles. The number of anilines is 2. The van der Waals surface area contributed by atoms with E-state index in [0.717, 1.165) is 21.4 Å². The van der Waals surface area contributed by atoms with Crippen molar-refractivity contribution in [3.05, 3.63) is 102 Å². The van der Waals surface area contributed by atoms with Crippen LogP contribution in [0.15, 0.2) is 96.7 Å². The van der Waals surface area contributed by atoms with Crippen molar-refractivity contribution in [2.75, 3.05) is 24.4 Å². The van der Waals surface area contributed by atoms with Gasteiger partial charge in [-0.2, -0.15) is 0 Å². The van der Waals surface area contributed by atoms with E-state index in [4.69, 9.17) is 9.47 Å². The monoisotopic (exact) mass is 450 g/mol. The van der Waals surface area contributed by atoms with Gasteiger partial charge in [0.2, 0.25) is 0 Å². The zero-order chi connectivity index (χ0) is 23.7. The van der Waals surface area contributed by atoms with Crippen molar-refractivity contribution >= 4 is 39.5 Å². The van der Waals surface area contributed by atoms with Crippen LogP contribution in [0.3, 0.4) is 0 Å². The number of amides is 2. The second-order valence-electron chi connectivity index (χ2n) is 7.75. The van der Waals surface area contributed by atoms with Crippen molar-refractivity contribution in [3.63, 3.8) is 0 Å². The van der Waals surface area contributed by atoms with Gasteiger partial charge in [-0.15, -0.1) is 0 Å². The van der Waals surface area contributed by atoms with Crippen molar-refractivity contribution in [1.82, 2.24) is 0 Å². The molecule has 1 aliphatic heterocycles. The third-order valence-corrected chi connectivity index (χ3v) is 5.82. The number of imide groups is 1. The summed E-state index contributed by atoms with van der Waals surface area (Å²) in [5, 5.41) is 5.25. The molecule has 34 heavy (non-hydrogen) atoms. The van der Waals surface area contributed by atoms with Gasteiger partial charge in [0.15, 0.2) is 0 Å². The van der Waals surface area contributed by atoms with Gasteiger partial charge in [0.05, 0.1) is 25.5 Å². The maximum absolute atomic E-state index is 13.8. The van der Waals surface area contributed by atoms with Crippen molar-refractivity contribution < 1.29 is 19.1 Å². The number of nitrogens with one attached hydrogen (secondary N) is 1. The van der Waals surface area contributed by atoms with Gasteiger partial charge in [-0.25, -0.2) is 4.90 Å². The summed E-state index contributed by atoms with van der Waals surface area (Å²) in [4.78, 5) is 28.7. The smallest absolute Gasteiger partial charge is 0.282 e. The van der Waals surface area contributed by atoms with Gasteiger partial charge in [-0.3, -0.25) is 9.59 Å². The van der Waals surface area contributed by atoms with Crippen LogP contribution in [-0.4, -0.2) is 26.0 Å². The van der Waals surface area contributed by atoms with Crippen molar-refractivity contribution in [2.45, 2.75) is 0 Å². The van der Waals surface area contributed by atoms with Gasteiger partial charge in [-0.05, 0) is 29.1 Å². The fraction of sp³-hybridized carbons (Fsp3) is 0.0714. The number of hydrogen-bond donors (Lipinski definition) is 1. The molecule has 6 heteroatoms. The summed E-state index contributed by atoms with van der Waals surface area (Å²) >= 11 is 0. The van der Waals surface area contributed by atoms with Gasteiger partial charge in [0.25, 0.3) is 11.8 Å². The molecule has 0 bridgehead atoms. The number of rotatable bonds is 6. The number of methoxy groups -OCH3 is 2. The minimum Gasteiger partial charge on any atom is -0.497 e. The van der Waals surface area contributed by atoms with Gasteiger partial charge in [0.1, 0.15) is 17.2 Å². The van der Waals surface area contributed by atoms with Crippen molar-refractivity contribution in [3.8, 4) is 11.5 Å². The first-order chi connectivity index (χ1) is 16.6. The Bertz CT molecular complexity index is 1440. The van der Waals surface area contributed by atoms with Crippen LogP contribution in [0.4, 0.5) is 11.4 Å². The Balaban J connectivity index is 1.67. The second kappa shape index (κ2) is 8.75. The molecule has 1 aliphatic rings. The number of carbonyl (C=O) groups excluding carboxylic acids is 2. The van der Waals surface area contributed by atoms with Gasteiger partial charge in [-0.1, -0.05) is 66.7 Å². The number of ether oxygens (including phenoxy) is 2. The van der Waals surface area contributed by atoms with E-state index in [1.807, 2.05) is 72.8 Å². The maximum Gasteiger partial charge on any atom is 0.282 e. The minimum atomic E-state index is -0.469. The average Bonchev–Trinajstić information content (AvgIpc) is 3.13. The van der Waals surface area contributed by atoms with Crippen LogP contribution in [0.2, 0.25) is 0 Å². The third-order valence-electron chi connectivity index (χ3n) is 5.82. The molecule has 4 aromatic rings. The predicted octanol–water partition coefficient (Wildman–Crippen LogP) is 5.25. The zero-order valence-corrected chi connectivity index (χ0v) is 18.7. The molecule has 0 saturated carbocycles. The number of benzene rings is 4. The van der Waals surface area contributed by atoms with Gasteiger partial charge in [0, 0.05) is 17.1 Å². The topological polar surface area (TPSA) is 67.9 Å². The average molecular weight is 450 g/mol. The summed E-state index contributed by atoms with van der Waals surface area (Å²) in [7, 11) is 3.03. The molecular formula is C28H22N2O4. The van der Waals surface area contributed by atoms with E-state index < -0.39 is 11.8 Å². The Morgan fingerprint density at radius 2 is 1.47 bits per heavy atom. The molecule has 0 atom stereocenters. The van der Waals surface area contributed by atoms with Crippen LogP contribution >= 0.6 is 0 Å². The van der Waals surface area contributed by atoms with E-state index in [1.165, 1.54) is 14.2 Å². The molecule has 168 valence electrons. The lowest BCUT2D eigenvalue weighted by atomic mass is 10.0.